The first-order valence-electron chi connectivity index (χ1n) is 9.48. The second-order valence-corrected chi connectivity index (χ2v) is 7.80. The van der Waals surface area contributed by atoms with Crippen molar-refractivity contribution in [1.29, 1.82) is 0 Å². The highest BCUT2D eigenvalue weighted by Gasteiger charge is 2.39. The number of nitrogens with zero attached hydrogens (tertiary/aromatic N) is 7. The predicted molar refractivity (Wildman–Crippen MR) is 92.0 cm³/mol. The molecule has 2 aromatic heterocycles. The third-order valence-electron chi connectivity index (χ3n) is 5.64. The molecule has 0 spiro atoms. The lowest BCUT2D eigenvalue weighted by Crippen LogP contribution is -2.42. The molecule has 1 amide bonds. The van der Waals surface area contributed by atoms with E-state index in [1.165, 1.54) is 12.8 Å². The zero-order chi connectivity index (χ0) is 17.7. The van der Waals surface area contributed by atoms with Crippen LogP contribution in [0.4, 0.5) is 0 Å². The van der Waals surface area contributed by atoms with Crippen LogP contribution in [-0.2, 0) is 11.3 Å². The summed E-state index contributed by atoms with van der Waals surface area (Å²) < 4.78 is 4.15. The maximum Gasteiger partial charge on any atom is 0.223 e. The molecule has 0 bridgehead atoms. The van der Waals surface area contributed by atoms with Gasteiger partial charge in [0.05, 0.1) is 24.8 Å². The minimum atomic E-state index is 0.0446. The van der Waals surface area contributed by atoms with Gasteiger partial charge in [0.15, 0.2) is 0 Å². The van der Waals surface area contributed by atoms with E-state index in [0.717, 1.165) is 44.1 Å². The molecule has 0 unspecified atom stereocenters. The summed E-state index contributed by atoms with van der Waals surface area (Å²) in [6.45, 7) is 4.38. The lowest BCUT2D eigenvalue weighted by molar-refractivity contribution is -0.123. The average molecular weight is 356 g/mol. The number of likely N-dealkylation sites (tertiary alicyclic amines) is 1. The second-order valence-electron chi connectivity index (χ2n) is 7.80. The third kappa shape index (κ3) is 3.00. The van der Waals surface area contributed by atoms with E-state index in [9.17, 15) is 4.79 Å². The van der Waals surface area contributed by atoms with Gasteiger partial charge in [0, 0.05) is 31.2 Å². The van der Waals surface area contributed by atoms with Gasteiger partial charge < -0.3 is 9.88 Å². The molecule has 26 heavy (non-hydrogen) atoms. The quantitative estimate of drug-likeness (QED) is 0.808. The van der Waals surface area contributed by atoms with Crippen molar-refractivity contribution in [3.05, 3.63) is 24.0 Å². The SMILES string of the molecule is Cc1nnc(CN2C[C@@H](NC(=O)C3CC3)[C@@H](n3ccnn3)C2)n1C1CC1. The summed E-state index contributed by atoms with van der Waals surface area (Å²) >= 11 is 0. The molecule has 0 aromatic carbocycles. The number of carbonyl (C=O) groups is 1. The maximum absolute atomic E-state index is 12.3. The fraction of sp³-hybridized carbons (Fsp3) is 0.706. The van der Waals surface area contributed by atoms with Crippen molar-refractivity contribution < 1.29 is 4.79 Å². The van der Waals surface area contributed by atoms with E-state index in [4.69, 9.17) is 0 Å². The standard InChI is InChI=1S/C17H24N8O/c1-11-20-21-16(25(11)13-4-5-13)10-23-8-14(19-17(26)12-2-3-12)15(9-23)24-7-6-18-22-24/h6-7,12-15H,2-5,8-10H2,1H3,(H,19,26)/t14-,15+/m1/s1. The van der Waals surface area contributed by atoms with Crippen LogP contribution in [0.5, 0.6) is 0 Å². The fourth-order valence-corrected chi connectivity index (χ4v) is 3.97. The topological polar surface area (TPSA) is 93.8 Å². The fourth-order valence-electron chi connectivity index (χ4n) is 3.97. The van der Waals surface area contributed by atoms with Crippen LogP contribution in [0.1, 0.15) is 49.4 Å². The highest BCUT2D eigenvalue weighted by molar-refractivity contribution is 5.81. The molecule has 2 saturated carbocycles. The Kier molecular flexibility index (Phi) is 3.77. The highest BCUT2D eigenvalue weighted by Crippen LogP contribution is 2.37. The Morgan fingerprint density at radius 1 is 1.23 bits per heavy atom. The van der Waals surface area contributed by atoms with Gasteiger partial charge in [0.25, 0.3) is 0 Å². The summed E-state index contributed by atoms with van der Waals surface area (Å²) in [5, 5.41) is 20.0. The van der Waals surface area contributed by atoms with Gasteiger partial charge in [-0.3, -0.25) is 9.69 Å². The molecule has 5 rings (SSSR count). The predicted octanol–water partition coefficient (Wildman–Crippen LogP) is 0.465. The van der Waals surface area contributed by atoms with Gasteiger partial charge in [-0.2, -0.15) is 0 Å². The van der Waals surface area contributed by atoms with Crippen molar-refractivity contribution in [3.63, 3.8) is 0 Å². The molecule has 9 heteroatoms. The summed E-state index contributed by atoms with van der Waals surface area (Å²) in [7, 11) is 0. The number of hydrogen-bond donors (Lipinski definition) is 1. The summed E-state index contributed by atoms with van der Waals surface area (Å²) in [6, 6.07) is 0.709. The Bertz CT molecular complexity index is 792. The molecule has 2 aromatic rings. The van der Waals surface area contributed by atoms with E-state index in [1.54, 1.807) is 6.20 Å². The number of rotatable bonds is 6. The first kappa shape index (κ1) is 15.9. The Labute approximate surface area is 151 Å². The molecule has 3 aliphatic rings. The van der Waals surface area contributed by atoms with E-state index in [0.29, 0.717) is 6.04 Å². The second kappa shape index (κ2) is 6.15. The highest BCUT2D eigenvalue weighted by atomic mass is 16.2. The number of carbonyl (C=O) groups excluding carboxylic acids is 1. The zero-order valence-electron chi connectivity index (χ0n) is 15.0. The minimum absolute atomic E-state index is 0.0446. The van der Waals surface area contributed by atoms with E-state index < -0.39 is 0 Å². The van der Waals surface area contributed by atoms with E-state index >= 15 is 0 Å². The lowest BCUT2D eigenvalue weighted by Gasteiger charge is -2.19. The summed E-state index contributed by atoms with van der Waals surface area (Å²) in [6.07, 6.45) is 8.03. The van der Waals surface area contributed by atoms with Gasteiger partial charge in [-0.15, -0.1) is 15.3 Å². The number of nitrogens with one attached hydrogen (secondary N) is 1. The molecule has 0 radical (unpaired) electrons. The first-order chi connectivity index (χ1) is 12.7. The van der Waals surface area contributed by atoms with Crippen LogP contribution in [0.25, 0.3) is 0 Å². The molecule has 1 saturated heterocycles. The molecule has 9 nitrogen and oxygen atoms in total. The number of hydrogen-bond acceptors (Lipinski definition) is 6. The van der Waals surface area contributed by atoms with Crippen LogP contribution in [0.2, 0.25) is 0 Å². The Hall–Kier alpha value is -2.29. The number of amides is 1. The molecular weight excluding hydrogens is 332 g/mol. The van der Waals surface area contributed by atoms with Crippen LogP contribution in [0.3, 0.4) is 0 Å². The molecule has 2 aliphatic carbocycles. The van der Waals surface area contributed by atoms with Crippen LogP contribution >= 0.6 is 0 Å². The summed E-state index contributed by atoms with van der Waals surface area (Å²) in [5.41, 5.74) is 0. The van der Waals surface area contributed by atoms with Crippen LogP contribution in [0.15, 0.2) is 12.4 Å². The Balaban J connectivity index is 1.33. The molecule has 1 aliphatic heterocycles. The van der Waals surface area contributed by atoms with Crippen LogP contribution in [-0.4, -0.2) is 59.7 Å². The Morgan fingerprint density at radius 2 is 2.08 bits per heavy atom. The summed E-state index contributed by atoms with van der Waals surface area (Å²) in [4.78, 5) is 14.6. The normalized spacial score (nSPS) is 26.3. The maximum atomic E-state index is 12.3. The van der Waals surface area contributed by atoms with Gasteiger partial charge in [0.1, 0.15) is 11.6 Å². The van der Waals surface area contributed by atoms with Crippen molar-refractivity contribution >= 4 is 5.91 Å². The molecule has 1 N–H and O–H groups in total. The molecule has 3 fully saturated rings. The zero-order valence-corrected chi connectivity index (χ0v) is 15.0. The number of aromatic nitrogens is 6. The third-order valence-corrected chi connectivity index (χ3v) is 5.64. The molecule has 2 atom stereocenters. The van der Waals surface area contributed by atoms with Crippen LogP contribution < -0.4 is 5.32 Å². The van der Waals surface area contributed by atoms with Gasteiger partial charge in [-0.25, -0.2) is 4.68 Å². The van der Waals surface area contributed by atoms with Crippen molar-refractivity contribution in [2.24, 2.45) is 5.92 Å². The van der Waals surface area contributed by atoms with Gasteiger partial charge in [-0.05, 0) is 32.6 Å². The largest absolute Gasteiger partial charge is 0.350 e. The average Bonchev–Trinajstić information content (AvgIpc) is 3.52. The smallest absolute Gasteiger partial charge is 0.223 e. The summed E-state index contributed by atoms with van der Waals surface area (Å²) in [5.74, 6) is 2.41. The van der Waals surface area contributed by atoms with Crippen molar-refractivity contribution in [1.82, 2.24) is 40.0 Å². The lowest BCUT2D eigenvalue weighted by atomic mass is 10.1. The molecule has 138 valence electrons. The first-order valence-corrected chi connectivity index (χ1v) is 9.48. The van der Waals surface area contributed by atoms with Crippen molar-refractivity contribution in [2.75, 3.05) is 13.1 Å². The van der Waals surface area contributed by atoms with Gasteiger partial charge >= 0.3 is 0 Å². The monoisotopic (exact) mass is 356 g/mol. The molecular formula is C17H24N8O. The molecule has 3 heterocycles. The number of aryl methyl sites for hydroxylation is 1. The van der Waals surface area contributed by atoms with Crippen molar-refractivity contribution in [2.45, 2.75) is 57.3 Å². The van der Waals surface area contributed by atoms with Crippen LogP contribution in [0, 0.1) is 12.8 Å². The van der Waals surface area contributed by atoms with Crippen molar-refractivity contribution in [3.8, 4) is 0 Å². The van der Waals surface area contributed by atoms with E-state index in [-0.39, 0.29) is 23.9 Å². The van der Waals surface area contributed by atoms with Gasteiger partial charge in [0.2, 0.25) is 5.91 Å². The minimum Gasteiger partial charge on any atom is -0.350 e. The van der Waals surface area contributed by atoms with Gasteiger partial charge in [-0.1, -0.05) is 5.21 Å². The van der Waals surface area contributed by atoms with E-state index in [2.05, 4.69) is 35.3 Å². The Morgan fingerprint density at radius 3 is 2.77 bits per heavy atom. The van der Waals surface area contributed by atoms with E-state index in [1.807, 2.05) is 17.8 Å².